The van der Waals surface area contributed by atoms with Crippen molar-refractivity contribution < 1.29 is 18.8 Å². The molecule has 3 aliphatic rings. The van der Waals surface area contributed by atoms with E-state index in [1.54, 1.807) is 11.0 Å². The molecule has 2 aliphatic heterocycles. The SMILES string of the molecule is O=C1NC(=O)C2(CCN(C(=O)C3CC3c3cccc(F)c3)C2)N1. The minimum Gasteiger partial charge on any atom is -0.339 e. The lowest BCUT2D eigenvalue weighted by Gasteiger charge is -2.21. The van der Waals surface area contributed by atoms with Crippen molar-refractivity contribution in [2.24, 2.45) is 5.92 Å². The highest BCUT2D eigenvalue weighted by atomic mass is 19.1. The molecule has 4 rings (SSSR count). The van der Waals surface area contributed by atoms with E-state index in [1.165, 1.54) is 12.1 Å². The molecule has 0 radical (unpaired) electrons. The lowest BCUT2D eigenvalue weighted by Crippen LogP contribution is -2.49. The molecule has 120 valence electrons. The Labute approximate surface area is 132 Å². The van der Waals surface area contributed by atoms with E-state index >= 15 is 0 Å². The minimum absolute atomic E-state index is 0.0231. The Morgan fingerprint density at radius 1 is 1.35 bits per heavy atom. The number of nitrogens with zero attached hydrogens (tertiary/aromatic N) is 1. The van der Waals surface area contributed by atoms with E-state index in [4.69, 9.17) is 0 Å². The summed E-state index contributed by atoms with van der Waals surface area (Å²) in [5.74, 6) is -0.805. The molecule has 3 unspecified atom stereocenters. The quantitative estimate of drug-likeness (QED) is 0.790. The van der Waals surface area contributed by atoms with Crippen LogP contribution in [-0.4, -0.2) is 41.4 Å². The fourth-order valence-corrected chi connectivity index (χ4v) is 3.62. The summed E-state index contributed by atoms with van der Waals surface area (Å²) >= 11 is 0. The fourth-order valence-electron chi connectivity index (χ4n) is 3.62. The highest BCUT2D eigenvalue weighted by Crippen LogP contribution is 2.49. The van der Waals surface area contributed by atoms with E-state index in [0.29, 0.717) is 19.4 Å². The average molecular weight is 317 g/mol. The summed E-state index contributed by atoms with van der Waals surface area (Å²) in [4.78, 5) is 37.5. The second-order valence-electron chi connectivity index (χ2n) is 6.50. The standard InChI is InChI=1S/C16H16FN3O3/c17-10-3-1-2-9(6-10)11-7-12(11)13(21)20-5-4-16(8-20)14(22)18-15(23)19-16/h1-3,6,11-12H,4-5,7-8H2,(H2,18,19,22,23). The zero-order valence-electron chi connectivity index (χ0n) is 12.3. The monoisotopic (exact) mass is 317 g/mol. The maximum absolute atomic E-state index is 13.3. The number of hydrogen-bond donors (Lipinski definition) is 2. The molecular formula is C16H16FN3O3. The number of amides is 4. The van der Waals surface area contributed by atoms with E-state index in [2.05, 4.69) is 10.6 Å². The van der Waals surface area contributed by atoms with Crippen LogP contribution in [0, 0.1) is 11.7 Å². The largest absolute Gasteiger partial charge is 0.339 e. The molecule has 3 atom stereocenters. The van der Waals surface area contributed by atoms with Gasteiger partial charge in [-0.25, -0.2) is 9.18 Å². The van der Waals surface area contributed by atoms with Gasteiger partial charge in [-0.1, -0.05) is 12.1 Å². The number of hydrogen-bond acceptors (Lipinski definition) is 3. The van der Waals surface area contributed by atoms with Crippen molar-refractivity contribution in [3.05, 3.63) is 35.6 Å². The van der Waals surface area contributed by atoms with Gasteiger partial charge in [-0.05, 0) is 36.5 Å². The first-order chi connectivity index (χ1) is 11.0. The Balaban J connectivity index is 1.44. The molecule has 3 fully saturated rings. The second-order valence-corrected chi connectivity index (χ2v) is 6.50. The molecule has 2 heterocycles. The fraction of sp³-hybridized carbons (Fsp3) is 0.438. The Morgan fingerprint density at radius 3 is 2.87 bits per heavy atom. The molecule has 0 bridgehead atoms. The smallest absolute Gasteiger partial charge is 0.322 e. The van der Waals surface area contributed by atoms with Gasteiger partial charge in [-0.2, -0.15) is 0 Å². The number of urea groups is 1. The van der Waals surface area contributed by atoms with Crippen LogP contribution >= 0.6 is 0 Å². The molecule has 1 aromatic carbocycles. The summed E-state index contributed by atoms with van der Waals surface area (Å²) in [5.41, 5.74) is -0.139. The number of nitrogens with one attached hydrogen (secondary N) is 2. The lowest BCUT2D eigenvalue weighted by atomic mass is 9.99. The molecule has 1 aliphatic carbocycles. The Hall–Kier alpha value is -2.44. The van der Waals surface area contributed by atoms with Gasteiger partial charge < -0.3 is 10.2 Å². The minimum atomic E-state index is -0.976. The summed E-state index contributed by atoms with van der Waals surface area (Å²) in [5, 5.41) is 4.86. The number of likely N-dealkylation sites (tertiary alicyclic amines) is 1. The summed E-state index contributed by atoms with van der Waals surface area (Å²) in [6, 6.07) is 5.82. The predicted octanol–water partition coefficient (Wildman–Crippen LogP) is 0.740. The molecule has 1 spiro atoms. The van der Waals surface area contributed by atoms with Crippen molar-refractivity contribution in [1.82, 2.24) is 15.5 Å². The molecule has 4 amide bonds. The van der Waals surface area contributed by atoms with Crippen LogP contribution in [0.1, 0.15) is 24.3 Å². The number of halogens is 1. The van der Waals surface area contributed by atoms with Crippen molar-refractivity contribution >= 4 is 17.8 Å². The third-order valence-corrected chi connectivity index (χ3v) is 4.98. The zero-order valence-corrected chi connectivity index (χ0v) is 12.3. The van der Waals surface area contributed by atoms with Crippen molar-refractivity contribution in [3.8, 4) is 0 Å². The van der Waals surface area contributed by atoms with Crippen LogP contribution in [0.15, 0.2) is 24.3 Å². The van der Waals surface area contributed by atoms with Crippen LogP contribution in [0.25, 0.3) is 0 Å². The maximum Gasteiger partial charge on any atom is 0.322 e. The Bertz CT molecular complexity index is 722. The molecule has 23 heavy (non-hydrogen) atoms. The third kappa shape index (κ3) is 2.27. The van der Waals surface area contributed by atoms with E-state index in [9.17, 15) is 18.8 Å². The van der Waals surface area contributed by atoms with Gasteiger partial charge in [-0.3, -0.25) is 14.9 Å². The van der Waals surface area contributed by atoms with Crippen LogP contribution in [0.5, 0.6) is 0 Å². The van der Waals surface area contributed by atoms with Crippen molar-refractivity contribution in [1.29, 1.82) is 0 Å². The Morgan fingerprint density at radius 2 is 2.17 bits per heavy atom. The number of rotatable bonds is 2. The summed E-state index contributed by atoms with van der Waals surface area (Å²) in [7, 11) is 0. The van der Waals surface area contributed by atoms with Crippen molar-refractivity contribution in [3.63, 3.8) is 0 Å². The van der Waals surface area contributed by atoms with Crippen LogP contribution < -0.4 is 10.6 Å². The molecule has 1 saturated carbocycles. The molecular weight excluding hydrogens is 301 g/mol. The Kier molecular flexibility index (Phi) is 2.94. The van der Waals surface area contributed by atoms with Crippen molar-refractivity contribution in [2.75, 3.05) is 13.1 Å². The van der Waals surface area contributed by atoms with Gasteiger partial charge in [0.1, 0.15) is 11.4 Å². The predicted molar refractivity (Wildman–Crippen MR) is 77.9 cm³/mol. The third-order valence-electron chi connectivity index (χ3n) is 4.98. The van der Waals surface area contributed by atoms with E-state index in [1.807, 2.05) is 6.07 Å². The molecule has 2 N–H and O–H groups in total. The highest BCUT2D eigenvalue weighted by Gasteiger charge is 2.54. The first-order valence-electron chi connectivity index (χ1n) is 7.66. The molecule has 7 heteroatoms. The summed E-state index contributed by atoms with van der Waals surface area (Å²) < 4.78 is 13.3. The summed E-state index contributed by atoms with van der Waals surface area (Å²) in [6.07, 6.45) is 1.12. The van der Waals surface area contributed by atoms with Crippen LogP contribution in [0.4, 0.5) is 9.18 Å². The molecule has 2 saturated heterocycles. The van der Waals surface area contributed by atoms with Gasteiger partial charge in [-0.15, -0.1) is 0 Å². The van der Waals surface area contributed by atoms with Crippen LogP contribution in [-0.2, 0) is 9.59 Å². The lowest BCUT2D eigenvalue weighted by molar-refractivity contribution is -0.132. The first kappa shape index (κ1) is 14.2. The van der Waals surface area contributed by atoms with Gasteiger partial charge in [0.05, 0.1) is 6.54 Å². The first-order valence-corrected chi connectivity index (χ1v) is 7.66. The van der Waals surface area contributed by atoms with Gasteiger partial charge in [0.25, 0.3) is 5.91 Å². The number of carbonyl (C=O) groups excluding carboxylic acids is 3. The number of imide groups is 1. The molecule has 6 nitrogen and oxygen atoms in total. The van der Waals surface area contributed by atoms with Crippen molar-refractivity contribution in [2.45, 2.75) is 24.3 Å². The van der Waals surface area contributed by atoms with Gasteiger partial charge in [0, 0.05) is 12.5 Å². The van der Waals surface area contributed by atoms with Gasteiger partial charge in [0.2, 0.25) is 5.91 Å². The van der Waals surface area contributed by atoms with Crippen LogP contribution in [0.2, 0.25) is 0 Å². The van der Waals surface area contributed by atoms with E-state index in [-0.39, 0.29) is 36.0 Å². The second kappa shape index (κ2) is 4.78. The van der Waals surface area contributed by atoms with E-state index in [0.717, 1.165) is 5.56 Å². The molecule has 0 aromatic heterocycles. The number of benzene rings is 1. The zero-order chi connectivity index (χ0) is 16.2. The summed E-state index contributed by atoms with van der Waals surface area (Å²) in [6.45, 7) is 0.648. The molecule has 1 aromatic rings. The van der Waals surface area contributed by atoms with Gasteiger partial charge >= 0.3 is 6.03 Å². The van der Waals surface area contributed by atoms with E-state index < -0.39 is 11.6 Å². The number of carbonyl (C=O) groups is 3. The van der Waals surface area contributed by atoms with Crippen LogP contribution in [0.3, 0.4) is 0 Å². The highest BCUT2D eigenvalue weighted by molar-refractivity contribution is 6.07. The normalized spacial score (nSPS) is 32.1. The topological polar surface area (TPSA) is 78.5 Å². The van der Waals surface area contributed by atoms with Gasteiger partial charge in [0.15, 0.2) is 0 Å². The average Bonchev–Trinajstić information content (AvgIpc) is 3.12. The maximum atomic E-state index is 13.3.